The summed E-state index contributed by atoms with van der Waals surface area (Å²) in [5.74, 6) is -0.338. The molecule has 0 aliphatic carbocycles. The molecule has 0 radical (unpaired) electrons. The molecule has 0 fully saturated rings. The summed E-state index contributed by atoms with van der Waals surface area (Å²) in [6, 6.07) is 24.2. The van der Waals surface area contributed by atoms with Crippen molar-refractivity contribution in [3.05, 3.63) is 130 Å². The van der Waals surface area contributed by atoms with E-state index in [9.17, 15) is 9.18 Å². The predicted octanol–water partition coefficient (Wildman–Crippen LogP) is 6.33. The molecule has 0 saturated heterocycles. The molecule has 0 saturated carbocycles. The summed E-state index contributed by atoms with van der Waals surface area (Å²) in [5, 5.41) is 4.97. The van der Waals surface area contributed by atoms with Gasteiger partial charge in [-0.25, -0.2) is 9.37 Å². The largest absolute Gasteiger partial charge is 0.337 e. The Kier molecular flexibility index (Phi) is 6.64. The molecule has 0 spiro atoms. The van der Waals surface area contributed by atoms with E-state index in [0.717, 1.165) is 45.4 Å². The number of amides is 1. The number of hydrogen-bond acceptors (Lipinski definition) is 3. The Morgan fingerprint density at radius 1 is 0.921 bits per heavy atom. The number of benzene rings is 3. The van der Waals surface area contributed by atoms with Crippen molar-refractivity contribution >= 4 is 21.8 Å². The van der Waals surface area contributed by atoms with Crippen LogP contribution in [-0.2, 0) is 13.1 Å². The molecule has 2 aromatic heterocycles. The number of carbonyl (C=O) groups excluding carboxylic acids is 1. The molecule has 1 atom stereocenters. The fraction of sp³-hybridized carbons (Fsp3) is 0.167. The summed E-state index contributed by atoms with van der Waals surface area (Å²) in [6.45, 7) is 1.72. The molecule has 0 bridgehead atoms. The van der Waals surface area contributed by atoms with Crippen molar-refractivity contribution in [1.82, 2.24) is 24.2 Å². The van der Waals surface area contributed by atoms with E-state index in [4.69, 9.17) is 5.10 Å². The number of fused-ring (bicyclic) bond motifs is 1. The van der Waals surface area contributed by atoms with Crippen molar-refractivity contribution in [3.8, 4) is 11.3 Å². The SMILES string of the molecule is O=C1c2c(c(-c3ccccc3)nn2Cc2ccc(F)cc2)[C@H](c2ccc(Br)cc2)N1CCCn1ccnc1. The number of hydrogen-bond donors (Lipinski definition) is 0. The van der Waals surface area contributed by atoms with E-state index in [0.29, 0.717) is 18.8 Å². The van der Waals surface area contributed by atoms with Gasteiger partial charge in [0.15, 0.2) is 0 Å². The smallest absolute Gasteiger partial charge is 0.273 e. The lowest BCUT2D eigenvalue weighted by molar-refractivity contribution is 0.0734. The van der Waals surface area contributed by atoms with Gasteiger partial charge in [0.1, 0.15) is 11.5 Å². The van der Waals surface area contributed by atoms with Crippen LogP contribution in [-0.4, -0.2) is 36.7 Å². The van der Waals surface area contributed by atoms with E-state index in [1.807, 2.05) is 58.1 Å². The van der Waals surface area contributed by atoms with Gasteiger partial charge in [0.2, 0.25) is 0 Å². The van der Waals surface area contributed by atoms with Gasteiger partial charge < -0.3 is 9.47 Å². The van der Waals surface area contributed by atoms with Crippen molar-refractivity contribution in [1.29, 1.82) is 0 Å². The standard InChI is InChI=1S/C30H25BrFN5O/c31-24-11-9-23(10-12-24)28-26-27(22-5-2-1-3-6-22)34-37(19-21-7-13-25(32)14-8-21)29(26)30(38)36(28)17-4-16-35-18-15-33-20-35/h1-3,5-15,18,20,28H,4,16-17,19H2/t28-/m0/s1. The predicted molar refractivity (Wildman–Crippen MR) is 147 cm³/mol. The van der Waals surface area contributed by atoms with E-state index < -0.39 is 0 Å². The lowest BCUT2D eigenvalue weighted by atomic mass is 9.96. The molecule has 0 N–H and O–H groups in total. The first-order valence-electron chi connectivity index (χ1n) is 12.5. The van der Waals surface area contributed by atoms with Crippen LogP contribution in [0.3, 0.4) is 0 Å². The second-order valence-electron chi connectivity index (χ2n) is 9.37. The van der Waals surface area contributed by atoms with Crippen molar-refractivity contribution in [2.75, 3.05) is 6.54 Å². The summed E-state index contributed by atoms with van der Waals surface area (Å²) >= 11 is 3.54. The van der Waals surface area contributed by atoms with Crippen molar-refractivity contribution in [2.45, 2.75) is 25.6 Å². The fourth-order valence-electron chi connectivity index (χ4n) is 5.12. The molecule has 190 valence electrons. The highest BCUT2D eigenvalue weighted by atomic mass is 79.9. The molecule has 1 amide bonds. The zero-order chi connectivity index (χ0) is 26.1. The Labute approximate surface area is 228 Å². The van der Waals surface area contributed by atoms with Gasteiger partial charge in [0, 0.05) is 41.1 Å². The molecule has 1 aliphatic heterocycles. The molecule has 5 aromatic rings. The zero-order valence-corrected chi connectivity index (χ0v) is 22.1. The van der Waals surface area contributed by atoms with E-state index in [2.05, 4.69) is 33.0 Å². The Balaban J connectivity index is 1.46. The van der Waals surface area contributed by atoms with Crippen LogP contribution in [0.5, 0.6) is 0 Å². The highest BCUT2D eigenvalue weighted by Gasteiger charge is 2.43. The third kappa shape index (κ3) is 4.67. The van der Waals surface area contributed by atoms with Crippen LogP contribution < -0.4 is 0 Å². The topological polar surface area (TPSA) is 56.0 Å². The minimum atomic E-state index is -0.292. The van der Waals surface area contributed by atoms with Gasteiger partial charge in [-0.15, -0.1) is 0 Å². The van der Waals surface area contributed by atoms with Crippen molar-refractivity contribution in [2.24, 2.45) is 0 Å². The lowest BCUT2D eigenvalue weighted by Crippen LogP contribution is -2.32. The van der Waals surface area contributed by atoms with Crippen LogP contribution in [0.2, 0.25) is 0 Å². The zero-order valence-electron chi connectivity index (χ0n) is 20.5. The van der Waals surface area contributed by atoms with E-state index in [1.54, 1.807) is 29.3 Å². The van der Waals surface area contributed by atoms with Crippen LogP contribution in [0.25, 0.3) is 11.3 Å². The first kappa shape index (κ1) is 24.3. The van der Waals surface area contributed by atoms with Crippen molar-refractivity contribution < 1.29 is 9.18 Å². The van der Waals surface area contributed by atoms with Gasteiger partial charge in [-0.2, -0.15) is 5.10 Å². The van der Waals surface area contributed by atoms with Crippen LogP contribution in [0, 0.1) is 5.82 Å². The average Bonchev–Trinajstić information content (AvgIpc) is 3.65. The number of nitrogens with zero attached hydrogens (tertiary/aromatic N) is 5. The van der Waals surface area contributed by atoms with Gasteiger partial charge in [0.05, 0.1) is 24.6 Å². The number of aryl methyl sites for hydroxylation is 1. The minimum absolute atomic E-state index is 0.0460. The molecule has 3 aromatic carbocycles. The number of carbonyl (C=O) groups is 1. The summed E-state index contributed by atoms with van der Waals surface area (Å²) in [6.07, 6.45) is 6.27. The first-order valence-corrected chi connectivity index (χ1v) is 13.3. The molecule has 38 heavy (non-hydrogen) atoms. The third-order valence-corrected chi connectivity index (χ3v) is 7.42. The number of halogens is 2. The minimum Gasteiger partial charge on any atom is -0.337 e. The summed E-state index contributed by atoms with van der Waals surface area (Å²) in [5.41, 5.74) is 5.15. The van der Waals surface area contributed by atoms with E-state index >= 15 is 0 Å². The normalized spacial score (nSPS) is 14.7. The fourth-order valence-corrected chi connectivity index (χ4v) is 5.39. The second kappa shape index (κ2) is 10.4. The maximum absolute atomic E-state index is 14.1. The van der Waals surface area contributed by atoms with Crippen LogP contribution in [0.1, 0.15) is 39.6 Å². The van der Waals surface area contributed by atoms with Gasteiger partial charge in [0.25, 0.3) is 5.91 Å². The Bertz CT molecular complexity index is 1550. The van der Waals surface area contributed by atoms with Crippen LogP contribution in [0.4, 0.5) is 4.39 Å². The molecular formula is C30H25BrFN5O. The Morgan fingerprint density at radius 3 is 2.39 bits per heavy atom. The molecule has 3 heterocycles. The molecule has 6 nitrogen and oxygen atoms in total. The van der Waals surface area contributed by atoms with Crippen molar-refractivity contribution in [3.63, 3.8) is 0 Å². The monoisotopic (exact) mass is 569 g/mol. The molecule has 8 heteroatoms. The van der Waals surface area contributed by atoms with E-state index in [1.165, 1.54) is 12.1 Å². The lowest BCUT2D eigenvalue weighted by Gasteiger charge is -2.27. The Morgan fingerprint density at radius 2 is 1.68 bits per heavy atom. The third-order valence-electron chi connectivity index (χ3n) is 6.89. The van der Waals surface area contributed by atoms with Gasteiger partial charge in [-0.1, -0.05) is 70.5 Å². The summed E-state index contributed by atoms with van der Waals surface area (Å²) in [7, 11) is 0. The Hall–Kier alpha value is -4.04. The van der Waals surface area contributed by atoms with E-state index in [-0.39, 0.29) is 17.8 Å². The maximum atomic E-state index is 14.1. The maximum Gasteiger partial charge on any atom is 0.273 e. The number of aromatic nitrogens is 4. The highest BCUT2D eigenvalue weighted by Crippen LogP contribution is 2.44. The molecule has 0 unspecified atom stereocenters. The molecule has 1 aliphatic rings. The number of rotatable bonds is 8. The van der Waals surface area contributed by atoms with Gasteiger partial charge in [-0.05, 0) is 41.8 Å². The second-order valence-corrected chi connectivity index (χ2v) is 10.3. The van der Waals surface area contributed by atoms with Crippen LogP contribution in [0.15, 0.2) is 102 Å². The van der Waals surface area contributed by atoms with Gasteiger partial charge >= 0.3 is 0 Å². The summed E-state index contributed by atoms with van der Waals surface area (Å²) < 4.78 is 18.4. The summed E-state index contributed by atoms with van der Waals surface area (Å²) in [4.78, 5) is 20.2. The highest BCUT2D eigenvalue weighted by molar-refractivity contribution is 9.10. The number of imidazole rings is 1. The van der Waals surface area contributed by atoms with Crippen LogP contribution >= 0.6 is 15.9 Å². The first-order chi connectivity index (χ1) is 18.6. The molecular weight excluding hydrogens is 545 g/mol. The molecule has 6 rings (SSSR count). The average molecular weight is 570 g/mol. The quantitative estimate of drug-likeness (QED) is 0.219. The van der Waals surface area contributed by atoms with Gasteiger partial charge in [-0.3, -0.25) is 9.48 Å².